The Labute approximate surface area is 189 Å². The van der Waals surface area contributed by atoms with Crippen LogP contribution < -0.4 is 15.9 Å². The van der Waals surface area contributed by atoms with Gasteiger partial charge in [0.25, 0.3) is 5.91 Å². The van der Waals surface area contributed by atoms with Crippen molar-refractivity contribution in [2.75, 3.05) is 5.32 Å². The summed E-state index contributed by atoms with van der Waals surface area (Å²) >= 11 is 0. The summed E-state index contributed by atoms with van der Waals surface area (Å²) in [5.41, 5.74) is 1.66. The number of hydrogen-bond donors (Lipinski definition) is 2. The van der Waals surface area contributed by atoms with E-state index in [4.69, 9.17) is 10.6 Å². The minimum absolute atomic E-state index is 0.340. The molecular weight excluding hydrogens is 420 g/mol. The van der Waals surface area contributed by atoms with Gasteiger partial charge >= 0.3 is 6.03 Å². The van der Waals surface area contributed by atoms with Crippen molar-refractivity contribution in [2.45, 2.75) is 12.8 Å². The number of hydrogen-bond acceptors (Lipinski definition) is 7. The van der Waals surface area contributed by atoms with Gasteiger partial charge < -0.3 is 10.1 Å². The zero-order valence-corrected chi connectivity index (χ0v) is 17.5. The number of benzene rings is 2. The first kappa shape index (κ1) is 20.4. The number of amides is 2. The largest absolute Gasteiger partial charge is 0.457 e. The van der Waals surface area contributed by atoms with E-state index in [0.717, 1.165) is 17.9 Å². The van der Waals surface area contributed by atoms with E-state index >= 15 is 0 Å². The highest BCUT2D eigenvalue weighted by atomic mass is 16.5. The van der Waals surface area contributed by atoms with E-state index < -0.39 is 11.9 Å². The molecule has 1 aliphatic carbocycles. The lowest BCUT2D eigenvalue weighted by Gasteiger charge is -2.20. The number of para-hydroxylation sites is 1. The van der Waals surface area contributed by atoms with Crippen molar-refractivity contribution in [3.8, 4) is 11.5 Å². The molecule has 2 amide bonds. The molecular formula is C24H20N6O3. The van der Waals surface area contributed by atoms with Crippen LogP contribution in [0.5, 0.6) is 11.5 Å². The van der Waals surface area contributed by atoms with Crippen LogP contribution in [-0.4, -0.2) is 31.5 Å². The number of anilines is 2. The van der Waals surface area contributed by atoms with Crippen molar-refractivity contribution in [2.24, 2.45) is 5.84 Å². The third-order valence-corrected chi connectivity index (χ3v) is 5.29. The molecule has 2 heterocycles. The molecule has 2 aromatic carbocycles. The van der Waals surface area contributed by atoms with E-state index in [1.54, 1.807) is 12.1 Å². The van der Waals surface area contributed by atoms with Gasteiger partial charge in [-0.25, -0.2) is 20.6 Å². The van der Waals surface area contributed by atoms with Crippen LogP contribution in [0.4, 0.5) is 16.3 Å². The van der Waals surface area contributed by atoms with Crippen molar-refractivity contribution in [1.29, 1.82) is 0 Å². The number of imide groups is 1. The van der Waals surface area contributed by atoms with Gasteiger partial charge in [0.15, 0.2) is 5.65 Å². The molecule has 5 rings (SSSR count). The van der Waals surface area contributed by atoms with Crippen LogP contribution >= 0.6 is 0 Å². The van der Waals surface area contributed by atoms with Gasteiger partial charge in [-0.1, -0.05) is 24.3 Å². The monoisotopic (exact) mass is 440 g/mol. The van der Waals surface area contributed by atoms with Crippen LogP contribution in [0.15, 0.2) is 84.8 Å². The van der Waals surface area contributed by atoms with Crippen molar-refractivity contribution < 1.29 is 14.3 Å². The standard InChI is InChI=1S/C24H20N6O3/c25-30(23(31)16-5-4-6-16)24(32)29-14-13-20-21(26-15-27-22(20)29)28-17-9-11-19(12-10-17)33-18-7-2-1-3-8-18/h1-3,5,7-15H,4,6,25H2,(H,26,27,28). The lowest BCUT2D eigenvalue weighted by atomic mass is 9.98. The Balaban J connectivity index is 1.35. The maximum Gasteiger partial charge on any atom is 0.351 e. The van der Waals surface area contributed by atoms with Gasteiger partial charge in [0.1, 0.15) is 23.6 Å². The van der Waals surface area contributed by atoms with Crippen LogP contribution in [0.1, 0.15) is 12.8 Å². The number of hydrazine groups is 1. The summed E-state index contributed by atoms with van der Waals surface area (Å²) in [6, 6.07) is 17.9. The first-order valence-electron chi connectivity index (χ1n) is 10.3. The number of nitrogens with two attached hydrogens (primary N) is 1. The van der Waals surface area contributed by atoms with E-state index in [0.29, 0.717) is 39.6 Å². The summed E-state index contributed by atoms with van der Waals surface area (Å²) in [6.45, 7) is 0. The van der Waals surface area contributed by atoms with Gasteiger partial charge in [0.2, 0.25) is 0 Å². The molecule has 9 nitrogen and oxygen atoms in total. The number of allylic oxidation sites excluding steroid dienone is 1. The highest BCUT2D eigenvalue weighted by molar-refractivity contribution is 6.06. The fourth-order valence-corrected chi connectivity index (χ4v) is 3.41. The number of carbonyl (C=O) groups excluding carboxylic acids is 2. The van der Waals surface area contributed by atoms with E-state index in [-0.39, 0.29) is 0 Å². The highest BCUT2D eigenvalue weighted by Gasteiger charge is 2.26. The summed E-state index contributed by atoms with van der Waals surface area (Å²) in [4.78, 5) is 33.6. The highest BCUT2D eigenvalue weighted by Crippen LogP contribution is 2.27. The number of aromatic nitrogens is 3. The van der Waals surface area contributed by atoms with E-state index in [9.17, 15) is 9.59 Å². The molecule has 33 heavy (non-hydrogen) atoms. The molecule has 0 radical (unpaired) electrons. The normalized spacial score (nSPS) is 12.6. The fourth-order valence-electron chi connectivity index (χ4n) is 3.41. The number of fused-ring (bicyclic) bond motifs is 1. The fraction of sp³-hybridized carbons (Fsp3) is 0.0833. The lowest BCUT2D eigenvalue weighted by Crippen LogP contribution is -2.46. The molecule has 9 heteroatoms. The quantitative estimate of drug-likeness (QED) is 0.269. The van der Waals surface area contributed by atoms with Crippen molar-refractivity contribution in [3.05, 3.63) is 84.8 Å². The average molecular weight is 440 g/mol. The van der Waals surface area contributed by atoms with Crippen LogP contribution in [0.3, 0.4) is 0 Å². The van der Waals surface area contributed by atoms with E-state index in [2.05, 4.69) is 15.3 Å². The second kappa shape index (κ2) is 8.56. The first-order chi connectivity index (χ1) is 16.1. The van der Waals surface area contributed by atoms with Gasteiger partial charge in [-0.15, -0.1) is 0 Å². The molecule has 1 aliphatic rings. The molecule has 0 fully saturated rings. The van der Waals surface area contributed by atoms with Gasteiger partial charge in [-0.2, -0.15) is 5.01 Å². The molecule has 164 valence electrons. The summed E-state index contributed by atoms with van der Waals surface area (Å²) in [6.07, 6.45) is 6.07. The van der Waals surface area contributed by atoms with Crippen molar-refractivity contribution in [3.63, 3.8) is 0 Å². The van der Waals surface area contributed by atoms with Gasteiger partial charge in [0.05, 0.1) is 5.39 Å². The Morgan fingerprint density at radius 3 is 2.42 bits per heavy atom. The average Bonchev–Trinajstić information content (AvgIpc) is 3.24. The number of nitrogens with zero attached hydrogens (tertiary/aromatic N) is 4. The summed E-state index contributed by atoms with van der Waals surface area (Å²) < 4.78 is 7.04. The lowest BCUT2D eigenvalue weighted by molar-refractivity contribution is -0.125. The van der Waals surface area contributed by atoms with E-state index in [1.165, 1.54) is 17.1 Å². The molecule has 0 saturated heterocycles. The minimum Gasteiger partial charge on any atom is -0.457 e. The molecule has 0 saturated carbocycles. The first-order valence-corrected chi connectivity index (χ1v) is 10.3. The van der Waals surface area contributed by atoms with Gasteiger partial charge in [-0.05, 0) is 55.3 Å². The Kier molecular flexibility index (Phi) is 5.29. The smallest absolute Gasteiger partial charge is 0.351 e. The topological polar surface area (TPSA) is 115 Å². The van der Waals surface area contributed by atoms with Crippen LogP contribution in [0.2, 0.25) is 0 Å². The number of ether oxygens (including phenoxy) is 1. The Morgan fingerprint density at radius 2 is 1.73 bits per heavy atom. The molecule has 0 bridgehead atoms. The van der Waals surface area contributed by atoms with Gasteiger partial charge in [0, 0.05) is 17.5 Å². The summed E-state index contributed by atoms with van der Waals surface area (Å²) in [5, 5.41) is 4.45. The molecule has 0 aliphatic heterocycles. The van der Waals surface area contributed by atoms with Crippen molar-refractivity contribution >= 4 is 34.5 Å². The molecule has 3 N–H and O–H groups in total. The maximum absolute atomic E-state index is 12.8. The second-order valence-corrected chi connectivity index (χ2v) is 7.44. The summed E-state index contributed by atoms with van der Waals surface area (Å²) in [7, 11) is 0. The van der Waals surface area contributed by atoms with Crippen LogP contribution in [-0.2, 0) is 4.79 Å². The SMILES string of the molecule is NN(C(=O)C1=CCC1)C(=O)n1ccc2c(Nc3ccc(Oc4ccccc4)cc3)ncnc21. The summed E-state index contributed by atoms with van der Waals surface area (Å²) in [5.74, 6) is 7.25. The third-order valence-electron chi connectivity index (χ3n) is 5.29. The molecule has 4 aromatic rings. The molecule has 2 aromatic heterocycles. The predicted octanol–water partition coefficient (Wildman–Crippen LogP) is 4.36. The van der Waals surface area contributed by atoms with Crippen molar-refractivity contribution in [1.82, 2.24) is 19.5 Å². The second-order valence-electron chi connectivity index (χ2n) is 7.44. The predicted molar refractivity (Wildman–Crippen MR) is 123 cm³/mol. The maximum atomic E-state index is 12.8. The number of nitrogens with one attached hydrogen (secondary N) is 1. The van der Waals surface area contributed by atoms with E-state index in [1.807, 2.05) is 54.6 Å². The Hall–Kier alpha value is -4.50. The molecule has 0 unspecified atom stereocenters. The third kappa shape index (κ3) is 4.04. The Bertz CT molecular complexity index is 1360. The zero-order chi connectivity index (χ0) is 22.8. The molecule has 0 atom stereocenters. The minimum atomic E-state index is -0.685. The number of rotatable bonds is 5. The zero-order valence-electron chi connectivity index (χ0n) is 17.5. The van der Waals surface area contributed by atoms with Crippen LogP contribution in [0, 0.1) is 0 Å². The Morgan fingerprint density at radius 1 is 1.00 bits per heavy atom. The molecule has 0 spiro atoms. The number of carbonyl (C=O) groups is 2. The van der Waals surface area contributed by atoms with Crippen LogP contribution in [0.25, 0.3) is 11.0 Å². The van der Waals surface area contributed by atoms with Gasteiger partial charge in [-0.3, -0.25) is 9.36 Å².